The number of rotatable bonds is 9. The van der Waals surface area contributed by atoms with E-state index in [4.69, 9.17) is 0 Å². The molecule has 0 spiro atoms. The van der Waals surface area contributed by atoms with Gasteiger partial charge in [-0.25, -0.2) is 8.42 Å². The van der Waals surface area contributed by atoms with Crippen LogP contribution in [0.15, 0.2) is 46.9 Å². The lowest BCUT2D eigenvalue weighted by Crippen LogP contribution is -2.48. The maximum atomic E-state index is 13.8. The lowest BCUT2D eigenvalue weighted by atomic mass is 9.50. The largest absolute Gasteiger partial charge is 0.393 e. The smallest absolute Gasteiger partial charge is 0.181 e. The summed E-state index contributed by atoms with van der Waals surface area (Å²) < 4.78 is 27.5. The van der Waals surface area contributed by atoms with Gasteiger partial charge in [-0.15, -0.1) is 0 Å². The Balaban J connectivity index is 1.33. The Labute approximate surface area is 237 Å². The maximum Gasteiger partial charge on any atom is 0.181 e. The highest BCUT2D eigenvalue weighted by atomic mass is 32.2. The molecule has 3 unspecified atom stereocenters. The molecule has 0 aromatic heterocycles. The highest BCUT2D eigenvalue weighted by Crippen LogP contribution is 2.65. The van der Waals surface area contributed by atoms with Crippen LogP contribution < -0.4 is 0 Å². The van der Waals surface area contributed by atoms with Crippen molar-refractivity contribution in [3.05, 3.63) is 42.0 Å². The van der Waals surface area contributed by atoms with Crippen molar-refractivity contribution >= 4 is 9.84 Å². The molecule has 4 aliphatic carbocycles. The van der Waals surface area contributed by atoms with Crippen LogP contribution in [-0.2, 0) is 9.84 Å². The summed E-state index contributed by atoms with van der Waals surface area (Å²) in [4.78, 5) is 0.383. The Morgan fingerprint density at radius 2 is 1.74 bits per heavy atom. The van der Waals surface area contributed by atoms with E-state index in [1.54, 1.807) is 29.8 Å². The summed E-state index contributed by atoms with van der Waals surface area (Å²) >= 11 is 0. The topological polar surface area (TPSA) is 74.6 Å². The first-order chi connectivity index (χ1) is 18.5. The number of allylic oxidation sites excluding steroid dienone is 1. The van der Waals surface area contributed by atoms with Crippen molar-refractivity contribution in [3.63, 3.8) is 0 Å². The standard InChI is InChI=1S/C34H52O4S/c1-5-25(35)21-27(39(37,38)26-10-8-7-9-11-26)20-23(3)31-14-15-32-30-13-12-24-22-34(36,6-2)19-17-28(24)29(30)16-18-33(31,32)4/h7-12,23,25,27-32,35-36H,5-6,13-22H2,1-4H3/t23-,25-,27?,28+,29?,30-,31-,32?,33-,34+/m1/s1. The predicted molar refractivity (Wildman–Crippen MR) is 158 cm³/mol. The molecule has 5 rings (SSSR count). The van der Waals surface area contributed by atoms with Gasteiger partial charge in [-0.2, -0.15) is 0 Å². The molecule has 4 nitrogen and oxygen atoms in total. The number of aliphatic hydroxyl groups is 2. The summed E-state index contributed by atoms with van der Waals surface area (Å²) in [5.41, 5.74) is 1.31. The Bertz CT molecular complexity index is 1130. The zero-order chi connectivity index (χ0) is 28.0. The van der Waals surface area contributed by atoms with E-state index in [0.717, 1.165) is 43.9 Å². The van der Waals surface area contributed by atoms with Crippen LogP contribution in [0.2, 0.25) is 0 Å². The van der Waals surface area contributed by atoms with Crippen LogP contribution in [0, 0.1) is 40.9 Å². The molecule has 10 atom stereocenters. The summed E-state index contributed by atoms with van der Waals surface area (Å²) in [7, 11) is -3.51. The summed E-state index contributed by atoms with van der Waals surface area (Å²) in [6.45, 7) is 8.87. The molecule has 0 radical (unpaired) electrons. The summed E-state index contributed by atoms with van der Waals surface area (Å²) in [5.74, 6) is 3.68. The molecule has 5 heteroatoms. The summed E-state index contributed by atoms with van der Waals surface area (Å²) in [6.07, 6.45) is 13.4. The molecule has 0 saturated heterocycles. The first-order valence-electron chi connectivity index (χ1n) is 15.9. The van der Waals surface area contributed by atoms with Gasteiger partial charge in [0.15, 0.2) is 9.84 Å². The fourth-order valence-corrected chi connectivity index (χ4v) is 11.8. The van der Waals surface area contributed by atoms with E-state index in [1.165, 1.54) is 25.7 Å². The van der Waals surface area contributed by atoms with Crippen LogP contribution in [0.3, 0.4) is 0 Å². The zero-order valence-electron chi connectivity index (χ0n) is 24.7. The molecule has 3 fully saturated rings. The Morgan fingerprint density at radius 3 is 2.44 bits per heavy atom. The quantitative estimate of drug-likeness (QED) is 0.312. The molecule has 4 aliphatic rings. The SMILES string of the molecule is CC[C@@H](O)CC(C[C@@H](C)[C@H]1CCC2[C@@H]3CC=C4C[C@](O)(CC)CC[C@@H]4C3CC[C@@]21C)S(=O)(=O)c1ccccc1. The van der Waals surface area contributed by atoms with Gasteiger partial charge >= 0.3 is 0 Å². The van der Waals surface area contributed by atoms with E-state index >= 15 is 0 Å². The van der Waals surface area contributed by atoms with E-state index in [-0.39, 0.29) is 5.41 Å². The molecule has 0 bridgehead atoms. The van der Waals surface area contributed by atoms with Crippen LogP contribution in [-0.4, -0.2) is 35.6 Å². The van der Waals surface area contributed by atoms with Gasteiger partial charge in [0.05, 0.1) is 21.9 Å². The highest BCUT2D eigenvalue weighted by Gasteiger charge is 2.57. The van der Waals surface area contributed by atoms with Gasteiger partial charge in [-0.1, -0.05) is 57.5 Å². The van der Waals surface area contributed by atoms with Crippen LogP contribution in [0.25, 0.3) is 0 Å². The third kappa shape index (κ3) is 5.42. The number of sulfone groups is 1. The fourth-order valence-electron chi connectivity index (χ4n) is 9.84. The van der Waals surface area contributed by atoms with E-state index in [1.807, 2.05) is 13.0 Å². The normalized spacial score (nSPS) is 38.6. The zero-order valence-corrected chi connectivity index (χ0v) is 25.5. The second kappa shape index (κ2) is 11.2. The molecule has 0 aliphatic heterocycles. The first-order valence-corrected chi connectivity index (χ1v) is 17.5. The van der Waals surface area contributed by atoms with Crippen molar-refractivity contribution in [2.45, 2.75) is 127 Å². The molecular weight excluding hydrogens is 504 g/mol. The summed E-state index contributed by atoms with van der Waals surface area (Å²) in [6, 6.07) is 8.86. The molecule has 1 aromatic carbocycles. The molecule has 3 saturated carbocycles. The van der Waals surface area contributed by atoms with Gasteiger partial charge in [-0.05, 0) is 130 Å². The number of hydrogen-bond donors (Lipinski definition) is 2. The summed E-state index contributed by atoms with van der Waals surface area (Å²) in [5, 5.41) is 21.0. The number of aliphatic hydroxyl groups excluding tert-OH is 1. The lowest BCUT2D eigenvalue weighted by molar-refractivity contribution is -0.0460. The Kier molecular flexibility index (Phi) is 8.46. The number of benzene rings is 1. The van der Waals surface area contributed by atoms with E-state index in [2.05, 4.69) is 26.8 Å². The minimum atomic E-state index is -3.51. The van der Waals surface area contributed by atoms with E-state index in [9.17, 15) is 18.6 Å². The van der Waals surface area contributed by atoms with Crippen LogP contribution in [0.5, 0.6) is 0 Å². The Hall–Kier alpha value is -1.17. The molecule has 0 amide bonds. The lowest BCUT2D eigenvalue weighted by Gasteiger charge is -2.55. The van der Waals surface area contributed by atoms with Crippen LogP contribution >= 0.6 is 0 Å². The van der Waals surface area contributed by atoms with Gasteiger partial charge in [0.2, 0.25) is 0 Å². The maximum absolute atomic E-state index is 13.8. The van der Waals surface area contributed by atoms with Gasteiger partial charge in [0.1, 0.15) is 0 Å². The molecular formula is C34H52O4S. The van der Waals surface area contributed by atoms with Gasteiger partial charge < -0.3 is 10.2 Å². The number of fused-ring (bicyclic) bond motifs is 5. The third-order valence-corrected chi connectivity index (χ3v) is 14.4. The third-order valence-electron chi connectivity index (χ3n) is 12.2. The monoisotopic (exact) mass is 556 g/mol. The van der Waals surface area contributed by atoms with E-state index < -0.39 is 26.8 Å². The van der Waals surface area contributed by atoms with E-state index in [0.29, 0.717) is 47.8 Å². The molecule has 1 aromatic rings. The van der Waals surface area contributed by atoms with Crippen molar-refractivity contribution in [3.8, 4) is 0 Å². The minimum absolute atomic E-state index is 0.259. The number of hydrogen-bond acceptors (Lipinski definition) is 4. The van der Waals surface area contributed by atoms with Crippen LogP contribution in [0.4, 0.5) is 0 Å². The van der Waals surface area contributed by atoms with Crippen molar-refractivity contribution in [1.82, 2.24) is 0 Å². The van der Waals surface area contributed by atoms with Crippen molar-refractivity contribution in [2.24, 2.45) is 40.9 Å². The highest BCUT2D eigenvalue weighted by molar-refractivity contribution is 7.92. The fraction of sp³-hybridized carbons (Fsp3) is 0.765. The minimum Gasteiger partial charge on any atom is -0.393 e. The predicted octanol–water partition coefficient (Wildman–Crippen LogP) is 7.35. The molecule has 218 valence electrons. The van der Waals surface area contributed by atoms with Crippen molar-refractivity contribution in [2.75, 3.05) is 0 Å². The molecule has 39 heavy (non-hydrogen) atoms. The second-order valence-corrected chi connectivity index (χ2v) is 16.3. The van der Waals surface area contributed by atoms with Gasteiger partial charge in [0.25, 0.3) is 0 Å². The Morgan fingerprint density at radius 1 is 1.00 bits per heavy atom. The second-order valence-electron chi connectivity index (χ2n) is 14.1. The average molecular weight is 557 g/mol. The van der Waals surface area contributed by atoms with Crippen molar-refractivity contribution in [1.29, 1.82) is 0 Å². The first kappa shape index (κ1) is 29.3. The van der Waals surface area contributed by atoms with Crippen molar-refractivity contribution < 1.29 is 18.6 Å². The molecule has 2 N–H and O–H groups in total. The van der Waals surface area contributed by atoms with Gasteiger partial charge in [0, 0.05) is 0 Å². The van der Waals surface area contributed by atoms with Gasteiger partial charge in [-0.3, -0.25) is 0 Å². The van der Waals surface area contributed by atoms with Crippen LogP contribution in [0.1, 0.15) is 105 Å². The average Bonchev–Trinajstić information content (AvgIpc) is 3.30. The molecule has 0 heterocycles.